The molecule has 0 aliphatic heterocycles. The number of halogens is 5. The normalized spacial score (nSPS) is 13.9. The van der Waals surface area contributed by atoms with Crippen LogP contribution in [0.2, 0.25) is 0 Å². The molecule has 0 saturated heterocycles. The Bertz CT molecular complexity index is 201. The van der Waals surface area contributed by atoms with Gasteiger partial charge in [0.05, 0.1) is 0 Å². The van der Waals surface area contributed by atoms with Crippen molar-refractivity contribution in [2.45, 2.75) is 32.1 Å². The molecule has 1 unspecified atom stereocenters. The molecule has 0 aromatic rings. The van der Waals surface area contributed by atoms with Crippen molar-refractivity contribution in [3.05, 3.63) is 0 Å². The highest BCUT2D eigenvalue weighted by Gasteiger charge is 2.65. The molecule has 1 atom stereocenters. The van der Waals surface area contributed by atoms with Gasteiger partial charge < -0.3 is 9.84 Å². The van der Waals surface area contributed by atoms with E-state index in [1.165, 1.54) is 0 Å². The minimum Gasteiger partial charge on any atom is -0.479 e. The molecule has 1 N–H and O–H groups in total. The molecule has 0 rings (SSSR count). The Hall–Kier alpha value is -0.920. The van der Waals surface area contributed by atoms with E-state index in [1.54, 1.807) is 0 Å². The van der Waals surface area contributed by atoms with Crippen molar-refractivity contribution in [3.63, 3.8) is 0 Å². The van der Waals surface area contributed by atoms with Crippen molar-refractivity contribution < 1.29 is 36.6 Å². The van der Waals surface area contributed by atoms with Crippen LogP contribution < -0.4 is 0 Å². The minimum absolute atomic E-state index is 0.457. The molecule has 0 saturated carbocycles. The van der Waals surface area contributed by atoms with Gasteiger partial charge in [-0.1, -0.05) is 13.8 Å². The minimum atomic E-state index is -5.94. The number of ether oxygens (including phenoxy) is 1. The lowest BCUT2D eigenvalue weighted by atomic mass is 10.2. The third-order valence-corrected chi connectivity index (χ3v) is 1.17. The smallest absolute Gasteiger partial charge is 0.456 e. The monoisotopic (exact) mass is 238 g/mol. The number of hydrogen-bond acceptors (Lipinski definition) is 2. The largest absolute Gasteiger partial charge is 0.479 e. The molecule has 0 fully saturated rings. The zero-order chi connectivity index (χ0) is 12.9. The van der Waals surface area contributed by atoms with E-state index in [4.69, 9.17) is 5.11 Å². The van der Waals surface area contributed by atoms with E-state index in [0.717, 1.165) is 0 Å². The van der Waals surface area contributed by atoms with Crippen LogP contribution in [0, 0.1) is 0 Å². The lowest BCUT2D eigenvalue weighted by Gasteiger charge is -2.24. The number of rotatable bonds is 3. The van der Waals surface area contributed by atoms with Gasteiger partial charge in [0.1, 0.15) is 0 Å². The average Bonchev–Trinajstić information content (AvgIpc) is 2.05. The summed E-state index contributed by atoms with van der Waals surface area (Å²) in [6, 6.07) is 0. The van der Waals surface area contributed by atoms with Crippen molar-refractivity contribution >= 4 is 5.97 Å². The van der Waals surface area contributed by atoms with Crippen LogP contribution in [0.1, 0.15) is 13.8 Å². The number of carboxylic acids is 1. The molecule has 0 bridgehead atoms. The number of methoxy groups -OCH3 is 1. The number of hydrogen-bond donors (Lipinski definition) is 1. The molecule has 0 spiro atoms. The molecule has 0 aromatic heterocycles. The highest BCUT2D eigenvalue weighted by atomic mass is 19.4. The molecule has 3 nitrogen and oxygen atoms in total. The predicted octanol–water partition coefficient (Wildman–Crippen LogP) is 2.31. The first-order valence-corrected chi connectivity index (χ1v) is 3.84. The fourth-order valence-electron chi connectivity index (χ4n) is 0.553. The van der Waals surface area contributed by atoms with Gasteiger partial charge in [-0.3, -0.25) is 0 Å². The highest BCUT2D eigenvalue weighted by molar-refractivity contribution is 5.73. The summed E-state index contributed by atoms with van der Waals surface area (Å²) in [4.78, 5) is 9.92. The van der Waals surface area contributed by atoms with Crippen LogP contribution in [0.5, 0.6) is 0 Å². The standard InChI is InChI=1S/C5H5F5O3.C2H6/c1-13-2(3(11)12)4(6,7)5(8,9)10;1-2/h2H,1H3,(H,11,12);1-2H3. The van der Waals surface area contributed by atoms with Gasteiger partial charge in [-0.05, 0) is 0 Å². The summed E-state index contributed by atoms with van der Waals surface area (Å²) < 4.78 is 62.6. The zero-order valence-electron chi connectivity index (χ0n) is 8.23. The first kappa shape index (κ1) is 16.5. The summed E-state index contributed by atoms with van der Waals surface area (Å²) in [5.41, 5.74) is 0. The van der Waals surface area contributed by atoms with Gasteiger partial charge in [0.15, 0.2) is 0 Å². The Morgan fingerprint density at radius 2 is 1.53 bits per heavy atom. The van der Waals surface area contributed by atoms with E-state index < -0.39 is 24.2 Å². The van der Waals surface area contributed by atoms with Crippen molar-refractivity contribution in [1.82, 2.24) is 0 Å². The maximum Gasteiger partial charge on any atom is 0.456 e. The number of carboxylic acid groups (broad SMARTS) is 1. The second-order valence-corrected chi connectivity index (χ2v) is 2.07. The van der Waals surface area contributed by atoms with Crippen LogP contribution in [-0.2, 0) is 9.53 Å². The lowest BCUT2D eigenvalue weighted by Crippen LogP contribution is -2.51. The van der Waals surface area contributed by atoms with Gasteiger partial charge in [-0.25, -0.2) is 4.79 Å². The summed E-state index contributed by atoms with van der Waals surface area (Å²) in [6.45, 7) is 4.00. The number of carbonyl (C=O) groups is 1. The Morgan fingerprint density at radius 1 is 1.20 bits per heavy atom. The van der Waals surface area contributed by atoms with Gasteiger partial charge >= 0.3 is 18.1 Å². The molecule has 0 aromatic carbocycles. The average molecular weight is 238 g/mol. The van der Waals surface area contributed by atoms with Crippen molar-refractivity contribution in [1.29, 1.82) is 0 Å². The fraction of sp³-hybridized carbons (Fsp3) is 0.857. The summed E-state index contributed by atoms with van der Waals surface area (Å²) >= 11 is 0. The van der Waals surface area contributed by atoms with Crippen LogP contribution in [0.3, 0.4) is 0 Å². The zero-order valence-corrected chi connectivity index (χ0v) is 8.23. The predicted molar refractivity (Wildman–Crippen MR) is 40.8 cm³/mol. The maximum atomic E-state index is 12.2. The molecule has 0 heterocycles. The summed E-state index contributed by atoms with van der Waals surface area (Å²) in [5.74, 6) is -7.77. The second kappa shape index (κ2) is 5.84. The Balaban J connectivity index is 0. The molecule has 8 heteroatoms. The van der Waals surface area contributed by atoms with Gasteiger partial charge in [-0.15, -0.1) is 0 Å². The van der Waals surface area contributed by atoms with E-state index in [9.17, 15) is 26.7 Å². The Morgan fingerprint density at radius 3 is 1.60 bits per heavy atom. The SMILES string of the molecule is CC.COC(C(=O)O)C(F)(F)C(F)(F)F. The fourth-order valence-corrected chi connectivity index (χ4v) is 0.553. The Labute approximate surface area is 82.8 Å². The number of alkyl halides is 5. The van der Waals surface area contributed by atoms with Gasteiger partial charge in [0.2, 0.25) is 6.10 Å². The van der Waals surface area contributed by atoms with E-state index in [2.05, 4.69) is 4.74 Å². The van der Waals surface area contributed by atoms with Crippen molar-refractivity contribution in [2.75, 3.05) is 7.11 Å². The third kappa shape index (κ3) is 3.98. The molecule has 0 aliphatic rings. The maximum absolute atomic E-state index is 12.2. The van der Waals surface area contributed by atoms with Crippen LogP contribution in [0.25, 0.3) is 0 Å². The van der Waals surface area contributed by atoms with Gasteiger partial charge in [0.25, 0.3) is 0 Å². The van der Waals surface area contributed by atoms with Gasteiger partial charge in [-0.2, -0.15) is 22.0 Å². The molecule has 92 valence electrons. The molecule has 0 radical (unpaired) electrons. The highest BCUT2D eigenvalue weighted by Crippen LogP contribution is 2.39. The number of aliphatic carboxylic acids is 1. The van der Waals surface area contributed by atoms with Crippen LogP contribution in [0.15, 0.2) is 0 Å². The molecular formula is C7H11F5O3. The van der Waals surface area contributed by atoms with Gasteiger partial charge in [0, 0.05) is 7.11 Å². The Kier molecular flexibility index (Phi) is 6.43. The van der Waals surface area contributed by atoms with Crippen LogP contribution in [0.4, 0.5) is 22.0 Å². The quantitative estimate of drug-likeness (QED) is 0.767. The molecule has 0 amide bonds. The van der Waals surface area contributed by atoms with Crippen molar-refractivity contribution in [2.24, 2.45) is 0 Å². The van der Waals surface area contributed by atoms with Crippen LogP contribution >= 0.6 is 0 Å². The van der Waals surface area contributed by atoms with Crippen molar-refractivity contribution in [3.8, 4) is 0 Å². The first-order valence-electron chi connectivity index (χ1n) is 3.84. The van der Waals surface area contributed by atoms with E-state index >= 15 is 0 Å². The molecule has 0 aliphatic carbocycles. The molecular weight excluding hydrogens is 227 g/mol. The lowest BCUT2D eigenvalue weighted by molar-refractivity contribution is -0.313. The molecule has 15 heavy (non-hydrogen) atoms. The third-order valence-electron chi connectivity index (χ3n) is 1.17. The van der Waals surface area contributed by atoms with E-state index in [1.807, 2.05) is 13.8 Å². The van der Waals surface area contributed by atoms with E-state index in [-0.39, 0.29) is 0 Å². The first-order chi connectivity index (χ1) is 6.64. The topological polar surface area (TPSA) is 46.5 Å². The van der Waals surface area contributed by atoms with E-state index in [0.29, 0.717) is 7.11 Å². The second-order valence-electron chi connectivity index (χ2n) is 2.07. The van der Waals surface area contributed by atoms with Crippen LogP contribution in [-0.4, -0.2) is 36.4 Å². The summed E-state index contributed by atoms with van der Waals surface area (Å²) in [5, 5.41) is 7.97. The summed E-state index contributed by atoms with van der Waals surface area (Å²) in [7, 11) is 0.457. The summed E-state index contributed by atoms with van der Waals surface area (Å²) in [6.07, 6.45) is -9.15.